The van der Waals surface area contributed by atoms with Gasteiger partial charge in [-0.25, -0.2) is 4.39 Å². The summed E-state index contributed by atoms with van der Waals surface area (Å²) in [6, 6.07) is 5.21. The second kappa shape index (κ2) is 6.35. The Bertz CT molecular complexity index is 376. The number of halogens is 2. The van der Waals surface area contributed by atoms with Crippen molar-refractivity contribution >= 4 is 22.6 Å². The SMILES string of the molecule is C=C(C)CCC(NC)c1ccc(F)cc1I. The van der Waals surface area contributed by atoms with Gasteiger partial charge in [0.15, 0.2) is 0 Å². The molecule has 16 heavy (non-hydrogen) atoms. The Balaban J connectivity index is 2.82. The standard InChI is InChI=1S/C13H17FIN/c1-9(2)4-7-13(16-3)11-6-5-10(14)8-12(11)15/h5-6,8,13,16H,1,4,7H2,2-3H3. The lowest BCUT2D eigenvalue weighted by atomic mass is 10.00. The molecule has 0 aliphatic rings. The van der Waals surface area contributed by atoms with Crippen LogP contribution in [0.2, 0.25) is 0 Å². The molecule has 0 radical (unpaired) electrons. The molecule has 1 aromatic rings. The van der Waals surface area contributed by atoms with E-state index in [0.717, 1.165) is 22.0 Å². The Kier molecular flexibility index (Phi) is 5.41. The number of hydrogen-bond donors (Lipinski definition) is 1. The Labute approximate surface area is 110 Å². The smallest absolute Gasteiger partial charge is 0.124 e. The molecule has 1 N–H and O–H groups in total. The number of rotatable bonds is 5. The summed E-state index contributed by atoms with van der Waals surface area (Å²) in [6.07, 6.45) is 1.98. The fourth-order valence-corrected chi connectivity index (χ4v) is 2.48. The molecule has 0 aromatic heterocycles. The number of allylic oxidation sites excluding steroid dienone is 1. The lowest BCUT2D eigenvalue weighted by Crippen LogP contribution is -2.17. The topological polar surface area (TPSA) is 12.0 Å². The normalized spacial score (nSPS) is 12.5. The van der Waals surface area contributed by atoms with Gasteiger partial charge in [-0.15, -0.1) is 6.58 Å². The highest BCUT2D eigenvalue weighted by Crippen LogP contribution is 2.25. The van der Waals surface area contributed by atoms with Crippen LogP contribution >= 0.6 is 22.6 Å². The largest absolute Gasteiger partial charge is 0.313 e. The van der Waals surface area contributed by atoms with Gasteiger partial charge in [0.05, 0.1) is 0 Å². The summed E-state index contributed by atoms with van der Waals surface area (Å²) in [6.45, 7) is 5.93. The zero-order valence-electron chi connectivity index (χ0n) is 9.69. The maximum absolute atomic E-state index is 13.0. The van der Waals surface area contributed by atoms with Gasteiger partial charge in [-0.2, -0.15) is 0 Å². The van der Waals surface area contributed by atoms with Crippen LogP contribution in [0.1, 0.15) is 31.4 Å². The second-order valence-corrected chi connectivity index (χ2v) is 5.17. The average molecular weight is 333 g/mol. The lowest BCUT2D eigenvalue weighted by Gasteiger charge is -2.18. The van der Waals surface area contributed by atoms with Crippen molar-refractivity contribution in [2.75, 3.05) is 7.05 Å². The van der Waals surface area contributed by atoms with Gasteiger partial charge in [0, 0.05) is 9.61 Å². The maximum Gasteiger partial charge on any atom is 0.124 e. The number of hydrogen-bond acceptors (Lipinski definition) is 1. The molecule has 0 spiro atoms. The van der Waals surface area contributed by atoms with Crippen LogP contribution in [-0.2, 0) is 0 Å². The molecule has 1 rings (SSSR count). The van der Waals surface area contributed by atoms with E-state index in [2.05, 4.69) is 34.5 Å². The van der Waals surface area contributed by atoms with Crippen molar-refractivity contribution in [2.45, 2.75) is 25.8 Å². The Morgan fingerprint density at radius 2 is 2.25 bits per heavy atom. The molecule has 0 aliphatic heterocycles. The second-order valence-electron chi connectivity index (χ2n) is 4.00. The van der Waals surface area contributed by atoms with Gasteiger partial charge in [0.25, 0.3) is 0 Å². The van der Waals surface area contributed by atoms with E-state index in [1.54, 1.807) is 6.07 Å². The van der Waals surface area contributed by atoms with E-state index in [1.807, 2.05) is 20.0 Å². The Morgan fingerprint density at radius 3 is 2.75 bits per heavy atom. The zero-order valence-corrected chi connectivity index (χ0v) is 11.8. The van der Waals surface area contributed by atoms with Crippen LogP contribution in [0.25, 0.3) is 0 Å². The minimum absolute atomic E-state index is 0.178. The van der Waals surface area contributed by atoms with Gasteiger partial charge in [0.2, 0.25) is 0 Å². The van der Waals surface area contributed by atoms with Crippen molar-refractivity contribution in [3.05, 3.63) is 45.3 Å². The minimum atomic E-state index is -0.178. The summed E-state index contributed by atoms with van der Waals surface area (Å²) < 4.78 is 14.0. The molecule has 0 saturated heterocycles. The average Bonchev–Trinajstić information content (AvgIpc) is 2.21. The van der Waals surface area contributed by atoms with Crippen LogP contribution in [0.3, 0.4) is 0 Å². The maximum atomic E-state index is 13.0. The van der Waals surface area contributed by atoms with Gasteiger partial charge in [-0.1, -0.05) is 11.6 Å². The molecule has 0 aliphatic carbocycles. The van der Waals surface area contributed by atoms with E-state index in [9.17, 15) is 4.39 Å². The summed E-state index contributed by atoms with van der Waals surface area (Å²) in [7, 11) is 1.93. The molecular formula is C13H17FIN. The number of nitrogens with one attached hydrogen (secondary N) is 1. The molecular weight excluding hydrogens is 316 g/mol. The van der Waals surface area contributed by atoms with E-state index in [-0.39, 0.29) is 11.9 Å². The highest BCUT2D eigenvalue weighted by Gasteiger charge is 2.12. The van der Waals surface area contributed by atoms with Gasteiger partial charge in [0.1, 0.15) is 5.82 Å². The lowest BCUT2D eigenvalue weighted by molar-refractivity contribution is 0.543. The molecule has 0 fully saturated rings. The van der Waals surface area contributed by atoms with Crippen LogP contribution in [-0.4, -0.2) is 7.05 Å². The van der Waals surface area contributed by atoms with Crippen molar-refractivity contribution in [3.8, 4) is 0 Å². The molecule has 0 bridgehead atoms. The summed E-state index contributed by atoms with van der Waals surface area (Å²) in [5, 5.41) is 3.27. The molecule has 1 unspecified atom stereocenters. The van der Waals surface area contributed by atoms with Crippen LogP contribution < -0.4 is 5.32 Å². The molecule has 88 valence electrons. The minimum Gasteiger partial charge on any atom is -0.313 e. The van der Waals surface area contributed by atoms with Crippen molar-refractivity contribution in [1.29, 1.82) is 0 Å². The quantitative estimate of drug-likeness (QED) is 0.633. The molecule has 1 nitrogen and oxygen atoms in total. The van der Waals surface area contributed by atoms with E-state index < -0.39 is 0 Å². The van der Waals surface area contributed by atoms with Crippen LogP contribution in [0.4, 0.5) is 4.39 Å². The van der Waals surface area contributed by atoms with Crippen molar-refractivity contribution in [3.63, 3.8) is 0 Å². The van der Waals surface area contributed by atoms with E-state index in [0.29, 0.717) is 0 Å². The third-order valence-electron chi connectivity index (χ3n) is 2.55. The van der Waals surface area contributed by atoms with E-state index in [4.69, 9.17) is 0 Å². The molecule has 0 amide bonds. The van der Waals surface area contributed by atoms with Crippen LogP contribution in [0, 0.1) is 9.39 Å². The molecule has 1 atom stereocenters. The van der Waals surface area contributed by atoms with Gasteiger partial charge in [-0.3, -0.25) is 0 Å². The highest BCUT2D eigenvalue weighted by molar-refractivity contribution is 14.1. The van der Waals surface area contributed by atoms with E-state index in [1.165, 1.54) is 11.6 Å². The van der Waals surface area contributed by atoms with E-state index >= 15 is 0 Å². The van der Waals surface area contributed by atoms with Gasteiger partial charge in [-0.05, 0) is 67.1 Å². The fourth-order valence-electron chi connectivity index (χ4n) is 1.63. The summed E-state index contributed by atoms with van der Waals surface area (Å²) in [5.41, 5.74) is 2.34. The van der Waals surface area contributed by atoms with Crippen LogP contribution in [0.5, 0.6) is 0 Å². The highest BCUT2D eigenvalue weighted by atomic mass is 127. The van der Waals surface area contributed by atoms with Crippen LogP contribution in [0.15, 0.2) is 30.4 Å². The van der Waals surface area contributed by atoms with Gasteiger partial charge >= 0.3 is 0 Å². The summed E-state index contributed by atoms with van der Waals surface area (Å²) >= 11 is 2.18. The first-order valence-electron chi connectivity index (χ1n) is 5.31. The zero-order chi connectivity index (χ0) is 12.1. The first kappa shape index (κ1) is 13.6. The Morgan fingerprint density at radius 1 is 1.56 bits per heavy atom. The molecule has 3 heteroatoms. The Hall–Kier alpha value is -0.420. The van der Waals surface area contributed by atoms with Crippen molar-refractivity contribution < 1.29 is 4.39 Å². The molecule has 0 heterocycles. The summed E-state index contributed by atoms with van der Waals surface area (Å²) in [5.74, 6) is -0.178. The number of benzene rings is 1. The third kappa shape index (κ3) is 3.87. The van der Waals surface area contributed by atoms with Crippen molar-refractivity contribution in [1.82, 2.24) is 5.32 Å². The first-order valence-corrected chi connectivity index (χ1v) is 6.39. The predicted octanol–water partition coefficient (Wildman–Crippen LogP) is 4.05. The van der Waals surface area contributed by atoms with Gasteiger partial charge < -0.3 is 5.32 Å². The molecule has 1 aromatic carbocycles. The first-order chi connectivity index (χ1) is 7.54. The summed E-state index contributed by atoms with van der Waals surface area (Å²) in [4.78, 5) is 0. The molecule has 0 saturated carbocycles. The van der Waals surface area contributed by atoms with Crippen molar-refractivity contribution in [2.24, 2.45) is 0 Å². The predicted molar refractivity (Wildman–Crippen MR) is 75.0 cm³/mol. The third-order valence-corrected chi connectivity index (χ3v) is 3.48. The monoisotopic (exact) mass is 333 g/mol. The fraction of sp³-hybridized carbons (Fsp3) is 0.385.